The van der Waals surface area contributed by atoms with E-state index in [0.29, 0.717) is 17.7 Å². The average molecular weight is 502 g/mol. The minimum atomic E-state index is -0.477. The molecule has 0 aliphatic heterocycles. The standard InChI is InChI=1S/C30H35N3O4/c1-20(21-7-5-4-6-8-21)37-29(35)32-27-26(19-31-33(27)2)24-11-9-22(10-12-24)23-13-15-25(16-14-23)30(17-18-30)28(34)36-3/h4-8,13-16,19-20,22,24H,9-12,17-18H2,1-3H3,(H,32,35)/t20-,22?,24?/m1/s1. The van der Waals surface area contributed by atoms with E-state index < -0.39 is 11.5 Å². The highest BCUT2D eigenvalue weighted by molar-refractivity contribution is 5.86. The van der Waals surface area contributed by atoms with Gasteiger partial charge in [-0.1, -0.05) is 54.6 Å². The second-order valence-corrected chi connectivity index (χ2v) is 10.4. The van der Waals surface area contributed by atoms with Crippen molar-refractivity contribution in [3.8, 4) is 0 Å². The van der Waals surface area contributed by atoms with Crippen molar-refractivity contribution in [3.05, 3.63) is 83.0 Å². The molecule has 1 atom stereocenters. The van der Waals surface area contributed by atoms with E-state index in [1.54, 1.807) is 4.68 Å². The number of carbonyl (C=O) groups excluding carboxylic acids is 2. The fourth-order valence-corrected chi connectivity index (χ4v) is 5.73. The van der Waals surface area contributed by atoms with Gasteiger partial charge in [0.05, 0.1) is 18.7 Å². The van der Waals surface area contributed by atoms with Crippen molar-refractivity contribution in [2.75, 3.05) is 12.4 Å². The molecule has 0 bridgehead atoms. The third-order valence-electron chi connectivity index (χ3n) is 8.17. The molecule has 1 aromatic heterocycles. The molecule has 2 aliphatic carbocycles. The summed E-state index contributed by atoms with van der Waals surface area (Å²) >= 11 is 0. The lowest BCUT2D eigenvalue weighted by Gasteiger charge is -2.29. The largest absolute Gasteiger partial charge is 0.468 e. The zero-order valence-corrected chi connectivity index (χ0v) is 21.8. The maximum absolute atomic E-state index is 12.7. The summed E-state index contributed by atoms with van der Waals surface area (Å²) in [5.74, 6) is 1.40. The molecule has 2 aliphatic rings. The summed E-state index contributed by atoms with van der Waals surface area (Å²) in [5, 5.41) is 7.37. The first kappa shape index (κ1) is 25.1. The van der Waals surface area contributed by atoms with E-state index in [0.717, 1.165) is 55.2 Å². The molecule has 1 N–H and O–H groups in total. The normalized spacial score (nSPS) is 21.1. The van der Waals surface area contributed by atoms with Crippen LogP contribution in [0.15, 0.2) is 60.8 Å². The Bertz CT molecular complexity index is 1240. The highest BCUT2D eigenvalue weighted by Gasteiger charge is 2.52. The highest BCUT2D eigenvalue weighted by atomic mass is 16.6. The first-order valence-corrected chi connectivity index (χ1v) is 13.1. The molecule has 0 spiro atoms. The van der Waals surface area contributed by atoms with Crippen LogP contribution in [-0.4, -0.2) is 29.0 Å². The van der Waals surface area contributed by atoms with Crippen LogP contribution in [0, 0.1) is 0 Å². The molecule has 1 amide bonds. The Morgan fingerprint density at radius 2 is 1.65 bits per heavy atom. The van der Waals surface area contributed by atoms with Gasteiger partial charge < -0.3 is 9.47 Å². The molecule has 7 nitrogen and oxygen atoms in total. The number of amides is 1. The molecule has 2 saturated carbocycles. The van der Waals surface area contributed by atoms with E-state index in [9.17, 15) is 9.59 Å². The van der Waals surface area contributed by atoms with Gasteiger partial charge in [-0.2, -0.15) is 5.10 Å². The lowest BCUT2D eigenvalue weighted by molar-refractivity contribution is -0.143. The van der Waals surface area contributed by atoms with Crippen LogP contribution >= 0.6 is 0 Å². The van der Waals surface area contributed by atoms with Gasteiger partial charge in [0.15, 0.2) is 0 Å². The number of anilines is 1. The van der Waals surface area contributed by atoms with E-state index in [2.05, 4.69) is 34.7 Å². The summed E-state index contributed by atoms with van der Waals surface area (Å²) in [6.07, 6.45) is 6.96. The maximum Gasteiger partial charge on any atom is 0.413 e. The van der Waals surface area contributed by atoms with Crippen molar-refractivity contribution >= 4 is 17.9 Å². The second kappa shape index (κ2) is 10.4. The summed E-state index contributed by atoms with van der Waals surface area (Å²) in [4.78, 5) is 24.9. The minimum Gasteiger partial charge on any atom is -0.468 e. The van der Waals surface area contributed by atoms with Crippen LogP contribution < -0.4 is 5.32 Å². The molecule has 0 saturated heterocycles. The molecule has 37 heavy (non-hydrogen) atoms. The number of rotatable bonds is 7. The third-order valence-corrected chi connectivity index (χ3v) is 8.17. The Morgan fingerprint density at radius 3 is 2.27 bits per heavy atom. The van der Waals surface area contributed by atoms with Crippen LogP contribution in [0.1, 0.15) is 85.6 Å². The van der Waals surface area contributed by atoms with Crippen molar-refractivity contribution < 1.29 is 19.1 Å². The molecule has 2 fully saturated rings. The quantitative estimate of drug-likeness (QED) is 0.380. The zero-order chi connectivity index (χ0) is 26.0. The van der Waals surface area contributed by atoms with E-state index in [1.807, 2.05) is 50.5 Å². The molecular weight excluding hydrogens is 466 g/mol. The molecule has 3 aromatic rings. The molecule has 5 rings (SSSR count). The molecule has 0 radical (unpaired) electrons. The maximum atomic E-state index is 12.7. The fraction of sp³-hybridized carbons (Fsp3) is 0.433. The van der Waals surface area contributed by atoms with Crippen LogP contribution in [0.5, 0.6) is 0 Å². The summed E-state index contributed by atoms with van der Waals surface area (Å²) in [5.41, 5.74) is 3.98. The number of nitrogens with zero attached hydrogens (tertiary/aromatic N) is 2. The van der Waals surface area contributed by atoms with Crippen molar-refractivity contribution in [1.29, 1.82) is 0 Å². The predicted molar refractivity (Wildman–Crippen MR) is 141 cm³/mol. The first-order chi connectivity index (χ1) is 17.9. The summed E-state index contributed by atoms with van der Waals surface area (Å²) in [6, 6.07) is 18.3. The topological polar surface area (TPSA) is 82.5 Å². The van der Waals surface area contributed by atoms with E-state index >= 15 is 0 Å². The fourth-order valence-electron chi connectivity index (χ4n) is 5.73. The number of carbonyl (C=O) groups is 2. The van der Waals surface area contributed by atoms with Gasteiger partial charge >= 0.3 is 12.1 Å². The predicted octanol–water partition coefficient (Wildman–Crippen LogP) is 6.38. The van der Waals surface area contributed by atoms with Crippen LogP contribution in [0.3, 0.4) is 0 Å². The van der Waals surface area contributed by atoms with Crippen LogP contribution in [0.25, 0.3) is 0 Å². The van der Waals surface area contributed by atoms with Crippen molar-refractivity contribution in [3.63, 3.8) is 0 Å². The molecule has 194 valence electrons. The van der Waals surface area contributed by atoms with E-state index in [4.69, 9.17) is 9.47 Å². The number of aromatic nitrogens is 2. The van der Waals surface area contributed by atoms with Gasteiger partial charge in [-0.05, 0) is 74.0 Å². The number of hydrogen-bond acceptors (Lipinski definition) is 5. The van der Waals surface area contributed by atoms with E-state index in [-0.39, 0.29) is 12.1 Å². The Morgan fingerprint density at radius 1 is 1.00 bits per heavy atom. The number of hydrogen-bond donors (Lipinski definition) is 1. The number of nitrogens with one attached hydrogen (secondary N) is 1. The number of aryl methyl sites for hydroxylation is 1. The summed E-state index contributed by atoms with van der Waals surface area (Å²) in [6.45, 7) is 1.87. The zero-order valence-electron chi connectivity index (χ0n) is 21.8. The van der Waals surface area contributed by atoms with Gasteiger partial charge in [-0.15, -0.1) is 0 Å². The van der Waals surface area contributed by atoms with Gasteiger partial charge in [0.1, 0.15) is 11.9 Å². The molecular formula is C30H35N3O4. The van der Waals surface area contributed by atoms with Gasteiger partial charge in [0.25, 0.3) is 0 Å². The van der Waals surface area contributed by atoms with Gasteiger partial charge in [0, 0.05) is 12.6 Å². The summed E-state index contributed by atoms with van der Waals surface area (Å²) in [7, 11) is 3.31. The van der Waals surface area contributed by atoms with E-state index in [1.165, 1.54) is 12.7 Å². The monoisotopic (exact) mass is 501 g/mol. The smallest absolute Gasteiger partial charge is 0.413 e. The lowest BCUT2D eigenvalue weighted by Crippen LogP contribution is -2.22. The summed E-state index contributed by atoms with van der Waals surface area (Å²) < 4.78 is 12.4. The van der Waals surface area contributed by atoms with Gasteiger partial charge in [-0.3, -0.25) is 14.8 Å². The Balaban J connectivity index is 1.19. The van der Waals surface area contributed by atoms with Crippen LogP contribution in [0.2, 0.25) is 0 Å². The molecule has 0 unspecified atom stereocenters. The van der Waals surface area contributed by atoms with Crippen LogP contribution in [-0.2, 0) is 26.7 Å². The number of benzene rings is 2. The molecule has 2 aromatic carbocycles. The van der Waals surface area contributed by atoms with Gasteiger partial charge in [-0.25, -0.2) is 4.79 Å². The number of methoxy groups -OCH3 is 1. The molecule has 1 heterocycles. The van der Waals surface area contributed by atoms with Crippen molar-refractivity contribution in [2.45, 2.75) is 68.8 Å². The van der Waals surface area contributed by atoms with Crippen LogP contribution in [0.4, 0.5) is 10.6 Å². The molecule has 7 heteroatoms. The Kier molecular flexibility index (Phi) is 7.04. The van der Waals surface area contributed by atoms with Gasteiger partial charge in [0.2, 0.25) is 0 Å². The van der Waals surface area contributed by atoms with Crippen molar-refractivity contribution in [1.82, 2.24) is 9.78 Å². The average Bonchev–Trinajstić information content (AvgIpc) is 3.67. The Labute approximate surface area is 218 Å². The second-order valence-electron chi connectivity index (χ2n) is 10.4. The lowest BCUT2D eigenvalue weighted by atomic mass is 9.76. The number of ether oxygens (including phenoxy) is 2. The minimum absolute atomic E-state index is 0.125. The number of esters is 1. The first-order valence-electron chi connectivity index (χ1n) is 13.1. The van der Waals surface area contributed by atoms with Crippen molar-refractivity contribution in [2.24, 2.45) is 7.05 Å². The third kappa shape index (κ3) is 5.13. The Hall–Kier alpha value is -3.61. The SMILES string of the molecule is COC(=O)C1(c2ccc(C3CCC(c4cnn(C)c4NC(=O)O[C@H](C)c4ccccc4)CC3)cc2)CC1. The highest BCUT2D eigenvalue weighted by Crippen LogP contribution is 2.50.